The molecule has 0 aliphatic heterocycles. The number of para-hydroxylation sites is 2. The maximum absolute atomic E-state index is 12.6. The van der Waals surface area contributed by atoms with Gasteiger partial charge in [-0.1, -0.05) is 35.6 Å². The highest BCUT2D eigenvalue weighted by Crippen LogP contribution is 2.15. The molecule has 0 aliphatic carbocycles. The van der Waals surface area contributed by atoms with Crippen molar-refractivity contribution in [3.05, 3.63) is 74.5 Å². The van der Waals surface area contributed by atoms with E-state index in [4.69, 9.17) is 5.26 Å². The van der Waals surface area contributed by atoms with E-state index in [1.807, 2.05) is 42.5 Å². The second-order valence-electron chi connectivity index (χ2n) is 4.87. The number of nitriles is 1. The van der Waals surface area contributed by atoms with Gasteiger partial charge in [0.2, 0.25) is 0 Å². The molecule has 4 aromatic rings. The zero-order valence-corrected chi connectivity index (χ0v) is 12.2. The van der Waals surface area contributed by atoms with Gasteiger partial charge in [0.1, 0.15) is 0 Å². The van der Waals surface area contributed by atoms with Crippen LogP contribution in [0.3, 0.4) is 0 Å². The lowest BCUT2D eigenvalue weighted by Gasteiger charge is -1.91. The van der Waals surface area contributed by atoms with Crippen molar-refractivity contribution in [3.63, 3.8) is 0 Å². The number of hydrogen-bond donors (Lipinski definition) is 0. The minimum absolute atomic E-state index is 0.0574. The number of benzene rings is 2. The van der Waals surface area contributed by atoms with Crippen LogP contribution in [0.2, 0.25) is 0 Å². The van der Waals surface area contributed by atoms with Crippen LogP contribution in [0.25, 0.3) is 22.1 Å². The molecule has 0 atom stereocenters. The number of aromatic nitrogens is 2. The van der Waals surface area contributed by atoms with Crippen molar-refractivity contribution in [1.29, 1.82) is 5.26 Å². The Morgan fingerprint density at radius 1 is 1.14 bits per heavy atom. The lowest BCUT2D eigenvalue weighted by Crippen LogP contribution is -2.22. The van der Waals surface area contributed by atoms with Gasteiger partial charge in [0.25, 0.3) is 5.56 Å². The Balaban J connectivity index is 1.95. The number of nitrogens with zero attached hydrogens (tertiary/aromatic N) is 3. The van der Waals surface area contributed by atoms with Crippen molar-refractivity contribution >= 4 is 33.4 Å². The van der Waals surface area contributed by atoms with Crippen LogP contribution >= 0.6 is 11.3 Å². The van der Waals surface area contributed by atoms with Crippen LogP contribution in [0, 0.1) is 11.3 Å². The Hall–Kier alpha value is -2.97. The molecular formula is C17H9N3OS. The molecule has 0 N–H and O–H groups in total. The third-order valence-corrected chi connectivity index (χ3v) is 4.45. The Bertz CT molecular complexity index is 1150. The monoisotopic (exact) mass is 303 g/mol. The summed E-state index contributed by atoms with van der Waals surface area (Å²) < 4.78 is 2.29. The lowest BCUT2D eigenvalue weighted by molar-refractivity contribution is 1.19. The smallest absolute Gasteiger partial charge is 0.267 e. The van der Waals surface area contributed by atoms with E-state index in [-0.39, 0.29) is 5.56 Å². The molecule has 22 heavy (non-hydrogen) atoms. The van der Waals surface area contributed by atoms with Crippen molar-refractivity contribution in [1.82, 2.24) is 9.38 Å². The minimum Gasteiger partial charge on any atom is -0.267 e. The quantitative estimate of drug-likeness (QED) is 0.542. The summed E-state index contributed by atoms with van der Waals surface area (Å²) in [6, 6.07) is 16.8. The molecule has 0 spiro atoms. The van der Waals surface area contributed by atoms with Crippen LogP contribution in [0.15, 0.2) is 53.3 Å². The molecule has 104 valence electrons. The minimum atomic E-state index is -0.0574. The molecular weight excluding hydrogens is 294 g/mol. The number of hydrogen-bond acceptors (Lipinski definition) is 4. The first-order valence-electron chi connectivity index (χ1n) is 6.68. The van der Waals surface area contributed by atoms with Crippen LogP contribution in [-0.4, -0.2) is 9.38 Å². The molecule has 2 aromatic carbocycles. The molecule has 0 saturated heterocycles. The van der Waals surface area contributed by atoms with E-state index in [0.717, 1.165) is 16.6 Å². The Morgan fingerprint density at radius 3 is 2.68 bits per heavy atom. The molecule has 2 heterocycles. The number of thiazole rings is 1. The fourth-order valence-electron chi connectivity index (χ4n) is 2.42. The summed E-state index contributed by atoms with van der Waals surface area (Å²) in [5.41, 5.74) is 3.10. The number of fused-ring (bicyclic) bond motifs is 3. The first kappa shape index (κ1) is 12.7. The van der Waals surface area contributed by atoms with Crippen LogP contribution in [0.1, 0.15) is 11.1 Å². The van der Waals surface area contributed by atoms with E-state index >= 15 is 0 Å². The predicted octanol–water partition coefficient (Wildman–Crippen LogP) is 2.33. The molecule has 4 nitrogen and oxygen atoms in total. The van der Waals surface area contributed by atoms with Crippen molar-refractivity contribution in [3.8, 4) is 6.07 Å². The fourth-order valence-corrected chi connectivity index (χ4v) is 3.40. The molecule has 0 amide bonds. The summed E-state index contributed by atoms with van der Waals surface area (Å²) in [7, 11) is 0. The van der Waals surface area contributed by atoms with Crippen LogP contribution in [-0.2, 0) is 0 Å². The lowest BCUT2D eigenvalue weighted by atomic mass is 10.1. The van der Waals surface area contributed by atoms with Gasteiger partial charge >= 0.3 is 0 Å². The van der Waals surface area contributed by atoms with Crippen molar-refractivity contribution in [2.24, 2.45) is 0 Å². The Labute approximate surface area is 129 Å². The van der Waals surface area contributed by atoms with Gasteiger partial charge in [0.15, 0.2) is 4.96 Å². The Morgan fingerprint density at radius 2 is 1.91 bits per heavy atom. The van der Waals surface area contributed by atoms with Gasteiger partial charge in [-0.05, 0) is 35.9 Å². The second kappa shape index (κ2) is 4.79. The van der Waals surface area contributed by atoms with Gasteiger partial charge in [0.05, 0.1) is 27.2 Å². The molecule has 0 fully saturated rings. The zero-order chi connectivity index (χ0) is 15.1. The summed E-state index contributed by atoms with van der Waals surface area (Å²) in [5.74, 6) is 0. The van der Waals surface area contributed by atoms with Crippen molar-refractivity contribution in [2.75, 3.05) is 0 Å². The summed E-state index contributed by atoms with van der Waals surface area (Å²) in [6.07, 6.45) is 1.83. The fraction of sp³-hybridized carbons (Fsp3) is 0. The third-order valence-electron chi connectivity index (χ3n) is 3.48. The first-order chi connectivity index (χ1) is 10.8. The average Bonchev–Trinajstić information content (AvgIpc) is 3.05. The highest BCUT2D eigenvalue weighted by molar-refractivity contribution is 7.15. The topological polar surface area (TPSA) is 58.2 Å². The highest BCUT2D eigenvalue weighted by atomic mass is 32.1. The second-order valence-corrected chi connectivity index (χ2v) is 5.88. The summed E-state index contributed by atoms with van der Waals surface area (Å²) in [4.78, 5) is 17.8. The number of imidazole rings is 1. The molecule has 2 aromatic heterocycles. The van der Waals surface area contributed by atoms with Gasteiger partial charge in [-0.15, -0.1) is 0 Å². The predicted molar refractivity (Wildman–Crippen MR) is 86.8 cm³/mol. The van der Waals surface area contributed by atoms with Crippen LogP contribution in [0.4, 0.5) is 0 Å². The molecule has 0 saturated carbocycles. The van der Waals surface area contributed by atoms with E-state index in [9.17, 15) is 4.79 Å². The molecule has 5 heteroatoms. The van der Waals surface area contributed by atoms with E-state index < -0.39 is 0 Å². The van der Waals surface area contributed by atoms with Gasteiger partial charge in [-0.2, -0.15) is 5.26 Å². The maximum atomic E-state index is 12.6. The van der Waals surface area contributed by atoms with Gasteiger partial charge < -0.3 is 0 Å². The van der Waals surface area contributed by atoms with E-state index in [1.54, 1.807) is 16.5 Å². The van der Waals surface area contributed by atoms with Crippen molar-refractivity contribution < 1.29 is 0 Å². The molecule has 0 aliphatic rings. The SMILES string of the molecule is N#Cc1ccc(/C=c2/sc3nc4ccccc4n3c2=O)cc1. The van der Waals surface area contributed by atoms with E-state index in [0.29, 0.717) is 15.1 Å². The molecule has 0 unspecified atom stereocenters. The summed E-state index contributed by atoms with van der Waals surface area (Å²) in [5, 5.41) is 8.81. The van der Waals surface area contributed by atoms with E-state index in [2.05, 4.69) is 11.1 Å². The first-order valence-corrected chi connectivity index (χ1v) is 7.50. The van der Waals surface area contributed by atoms with Gasteiger partial charge in [-0.3, -0.25) is 4.79 Å². The van der Waals surface area contributed by atoms with Gasteiger partial charge in [-0.25, -0.2) is 9.38 Å². The summed E-state index contributed by atoms with van der Waals surface area (Å²) in [6.45, 7) is 0. The average molecular weight is 303 g/mol. The van der Waals surface area contributed by atoms with Crippen LogP contribution < -0.4 is 10.1 Å². The third kappa shape index (κ3) is 1.90. The summed E-state index contributed by atoms with van der Waals surface area (Å²) >= 11 is 1.37. The van der Waals surface area contributed by atoms with Crippen LogP contribution in [0.5, 0.6) is 0 Å². The molecule has 0 radical (unpaired) electrons. The van der Waals surface area contributed by atoms with Gasteiger partial charge in [0, 0.05) is 0 Å². The standard InChI is InChI=1S/C17H9N3OS/c18-10-12-7-5-11(6-8-12)9-15-16(21)20-14-4-2-1-3-13(14)19-17(20)22-15/h1-9H/b15-9+. The maximum Gasteiger partial charge on any atom is 0.274 e. The molecule has 0 bridgehead atoms. The zero-order valence-electron chi connectivity index (χ0n) is 11.4. The largest absolute Gasteiger partial charge is 0.274 e. The normalized spacial score (nSPS) is 12.0. The number of rotatable bonds is 1. The highest BCUT2D eigenvalue weighted by Gasteiger charge is 2.10. The Kier molecular flexibility index (Phi) is 2.78. The van der Waals surface area contributed by atoms with E-state index in [1.165, 1.54) is 11.3 Å². The molecule has 4 rings (SSSR count). The van der Waals surface area contributed by atoms with Crippen molar-refractivity contribution in [2.45, 2.75) is 0 Å².